The fourth-order valence-corrected chi connectivity index (χ4v) is 3.37. The lowest BCUT2D eigenvalue weighted by Crippen LogP contribution is -2.32. The number of fused-ring (bicyclic) bond motifs is 1. The Bertz CT molecular complexity index is 511. The standard InChI is InChI=1S/C11H12N2O3S2/c14-7(5-12-10(15)16)6-17-11-13-8-3-1-2-4-9(8)18-11/h1-4,7,12,14H,5-6H2,(H,15,16)/t7-/m0/s1. The number of aliphatic hydroxyl groups excluding tert-OH is 1. The molecule has 7 heteroatoms. The Kier molecular flexibility index (Phi) is 4.40. The van der Waals surface area contributed by atoms with Crippen LogP contribution in [0.3, 0.4) is 0 Å². The highest BCUT2D eigenvalue weighted by atomic mass is 32.2. The van der Waals surface area contributed by atoms with Crippen LogP contribution in [-0.2, 0) is 0 Å². The van der Waals surface area contributed by atoms with Gasteiger partial charge in [0, 0.05) is 12.3 Å². The average molecular weight is 284 g/mol. The molecule has 0 aliphatic heterocycles. The van der Waals surface area contributed by atoms with Crippen LogP contribution in [0.4, 0.5) is 4.79 Å². The third kappa shape index (κ3) is 3.59. The molecule has 0 unspecified atom stereocenters. The average Bonchev–Trinajstić information content (AvgIpc) is 2.76. The van der Waals surface area contributed by atoms with Gasteiger partial charge in [0.2, 0.25) is 0 Å². The van der Waals surface area contributed by atoms with E-state index in [0.717, 1.165) is 14.6 Å². The highest BCUT2D eigenvalue weighted by molar-refractivity contribution is 8.01. The normalized spacial score (nSPS) is 12.5. The Morgan fingerprint density at radius 1 is 1.50 bits per heavy atom. The zero-order chi connectivity index (χ0) is 13.0. The second-order valence-electron chi connectivity index (χ2n) is 3.60. The predicted molar refractivity (Wildman–Crippen MR) is 72.4 cm³/mol. The fraction of sp³-hybridized carbons (Fsp3) is 0.273. The minimum atomic E-state index is -1.13. The maximum Gasteiger partial charge on any atom is 0.404 e. The molecule has 3 N–H and O–H groups in total. The van der Waals surface area contributed by atoms with Crippen LogP contribution in [0.15, 0.2) is 28.6 Å². The molecule has 96 valence electrons. The van der Waals surface area contributed by atoms with E-state index in [1.54, 1.807) is 11.3 Å². The smallest absolute Gasteiger partial charge is 0.404 e. The van der Waals surface area contributed by atoms with E-state index in [1.165, 1.54) is 11.8 Å². The number of rotatable bonds is 5. The molecule has 0 fully saturated rings. The number of aromatic nitrogens is 1. The third-order valence-electron chi connectivity index (χ3n) is 2.16. The number of amides is 1. The molecule has 5 nitrogen and oxygen atoms in total. The number of hydrogen-bond donors (Lipinski definition) is 3. The number of para-hydroxylation sites is 1. The van der Waals surface area contributed by atoms with Crippen LogP contribution in [-0.4, -0.2) is 39.7 Å². The van der Waals surface area contributed by atoms with Crippen molar-refractivity contribution < 1.29 is 15.0 Å². The number of nitrogens with zero attached hydrogens (tertiary/aromatic N) is 1. The van der Waals surface area contributed by atoms with E-state index >= 15 is 0 Å². The molecule has 0 saturated heterocycles. The van der Waals surface area contributed by atoms with Gasteiger partial charge < -0.3 is 15.5 Å². The van der Waals surface area contributed by atoms with E-state index in [4.69, 9.17) is 5.11 Å². The van der Waals surface area contributed by atoms with Crippen LogP contribution in [0.2, 0.25) is 0 Å². The molecule has 0 aliphatic carbocycles. The van der Waals surface area contributed by atoms with Gasteiger partial charge in [-0.25, -0.2) is 9.78 Å². The largest absolute Gasteiger partial charge is 0.465 e. The monoisotopic (exact) mass is 284 g/mol. The molecule has 0 bridgehead atoms. The van der Waals surface area contributed by atoms with Crippen LogP contribution in [0.1, 0.15) is 0 Å². The van der Waals surface area contributed by atoms with E-state index in [1.807, 2.05) is 24.3 Å². The zero-order valence-corrected chi connectivity index (χ0v) is 11.0. The Morgan fingerprint density at radius 3 is 3.00 bits per heavy atom. The van der Waals surface area contributed by atoms with Gasteiger partial charge in [0.05, 0.1) is 16.3 Å². The summed E-state index contributed by atoms with van der Waals surface area (Å²) in [6.45, 7) is 0.0349. The second-order valence-corrected chi connectivity index (χ2v) is 5.90. The first-order valence-electron chi connectivity index (χ1n) is 5.28. The third-order valence-corrected chi connectivity index (χ3v) is 4.49. The lowest BCUT2D eigenvalue weighted by atomic mass is 10.3. The van der Waals surface area contributed by atoms with Gasteiger partial charge in [0.25, 0.3) is 0 Å². The Morgan fingerprint density at radius 2 is 2.28 bits per heavy atom. The number of carbonyl (C=O) groups is 1. The van der Waals surface area contributed by atoms with Crippen molar-refractivity contribution in [3.63, 3.8) is 0 Å². The Balaban J connectivity index is 1.87. The Hall–Kier alpha value is -1.31. The van der Waals surface area contributed by atoms with Crippen molar-refractivity contribution in [2.75, 3.05) is 12.3 Å². The van der Waals surface area contributed by atoms with Crippen molar-refractivity contribution in [1.82, 2.24) is 10.3 Å². The van der Waals surface area contributed by atoms with Crippen LogP contribution in [0.25, 0.3) is 10.2 Å². The highest BCUT2D eigenvalue weighted by Gasteiger charge is 2.09. The quantitative estimate of drug-likeness (QED) is 0.732. The van der Waals surface area contributed by atoms with E-state index in [0.29, 0.717) is 5.75 Å². The van der Waals surface area contributed by atoms with Crippen LogP contribution in [0.5, 0.6) is 0 Å². The summed E-state index contributed by atoms with van der Waals surface area (Å²) in [4.78, 5) is 14.7. The first-order chi connectivity index (χ1) is 8.65. The van der Waals surface area contributed by atoms with Gasteiger partial charge >= 0.3 is 6.09 Å². The molecule has 2 rings (SSSR count). The lowest BCUT2D eigenvalue weighted by Gasteiger charge is -2.08. The highest BCUT2D eigenvalue weighted by Crippen LogP contribution is 2.29. The molecule has 1 heterocycles. The molecule has 0 aliphatic rings. The number of hydrogen-bond acceptors (Lipinski definition) is 5. The molecule has 1 amide bonds. The number of carboxylic acid groups (broad SMARTS) is 1. The van der Waals surface area contributed by atoms with Crippen LogP contribution in [0, 0.1) is 0 Å². The summed E-state index contributed by atoms with van der Waals surface area (Å²) >= 11 is 3.00. The fourth-order valence-electron chi connectivity index (χ4n) is 1.34. The minimum Gasteiger partial charge on any atom is -0.465 e. The first-order valence-corrected chi connectivity index (χ1v) is 7.08. The number of aliphatic hydroxyl groups is 1. The predicted octanol–water partition coefficient (Wildman–Crippen LogP) is 2.02. The van der Waals surface area contributed by atoms with Gasteiger partial charge in [-0.05, 0) is 12.1 Å². The molecule has 18 heavy (non-hydrogen) atoms. The maximum absolute atomic E-state index is 10.3. The summed E-state index contributed by atoms with van der Waals surface area (Å²) in [7, 11) is 0. The minimum absolute atomic E-state index is 0.0349. The number of nitrogens with one attached hydrogen (secondary N) is 1. The van der Waals surface area contributed by atoms with E-state index in [9.17, 15) is 9.90 Å². The lowest BCUT2D eigenvalue weighted by molar-refractivity contribution is 0.170. The number of thioether (sulfide) groups is 1. The topological polar surface area (TPSA) is 82.5 Å². The summed E-state index contributed by atoms with van der Waals surface area (Å²) in [5.74, 6) is 0.417. The first kappa shape index (κ1) is 13.1. The molecule has 1 aromatic carbocycles. The number of benzene rings is 1. The van der Waals surface area contributed by atoms with Crippen molar-refractivity contribution in [1.29, 1.82) is 0 Å². The maximum atomic E-state index is 10.3. The molecule has 1 atom stereocenters. The van der Waals surface area contributed by atoms with Gasteiger partial charge in [-0.2, -0.15) is 0 Å². The van der Waals surface area contributed by atoms with Crippen LogP contribution < -0.4 is 5.32 Å². The second kappa shape index (κ2) is 6.03. The summed E-state index contributed by atoms with van der Waals surface area (Å²) in [5, 5.41) is 20.1. The number of thiazole rings is 1. The van der Waals surface area contributed by atoms with Crippen molar-refractivity contribution in [3.8, 4) is 0 Å². The molecule has 0 radical (unpaired) electrons. The van der Waals surface area contributed by atoms with Gasteiger partial charge in [-0.3, -0.25) is 0 Å². The molecule has 0 spiro atoms. The summed E-state index contributed by atoms with van der Waals surface area (Å²) < 4.78 is 1.99. The van der Waals surface area contributed by atoms with Gasteiger partial charge in [0.15, 0.2) is 4.34 Å². The van der Waals surface area contributed by atoms with Crippen molar-refractivity contribution in [2.45, 2.75) is 10.4 Å². The van der Waals surface area contributed by atoms with Crippen LogP contribution >= 0.6 is 23.1 Å². The van der Waals surface area contributed by atoms with Gasteiger partial charge in [-0.1, -0.05) is 23.9 Å². The molecule has 1 aromatic heterocycles. The SMILES string of the molecule is O=C(O)NC[C@H](O)CSc1nc2ccccc2s1. The molecular formula is C11H12N2O3S2. The van der Waals surface area contributed by atoms with Gasteiger partial charge in [0.1, 0.15) is 0 Å². The van der Waals surface area contributed by atoms with E-state index < -0.39 is 12.2 Å². The van der Waals surface area contributed by atoms with Gasteiger partial charge in [-0.15, -0.1) is 11.3 Å². The van der Waals surface area contributed by atoms with Crippen molar-refractivity contribution in [2.24, 2.45) is 0 Å². The molecule has 2 aromatic rings. The Labute approximate surface area is 112 Å². The van der Waals surface area contributed by atoms with E-state index in [2.05, 4.69) is 10.3 Å². The van der Waals surface area contributed by atoms with E-state index in [-0.39, 0.29) is 6.54 Å². The summed E-state index contributed by atoms with van der Waals surface area (Å²) in [5.41, 5.74) is 0.947. The summed E-state index contributed by atoms with van der Waals surface area (Å²) in [6, 6.07) is 7.83. The molecule has 0 saturated carbocycles. The van der Waals surface area contributed by atoms with Crippen molar-refractivity contribution in [3.05, 3.63) is 24.3 Å². The summed E-state index contributed by atoms with van der Waals surface area (Å²) in [6.07, 6.45) is -1.84. The van der Waals surface area contributed by atoms with Crippen molar-refractivity contribution >= 4 is 39.4 Å². The zero-order valence-electron chi connectivity index (χ0n) is 9.37. The molecular weight excluding hydrogens is 272 g/mol.